The van der Waals surface area contributed by atoms with Gasteiger partial charge in [-0.15, -0.1) is 0 Å². The summed E-state index contributed by atoms with van der Waals surface area (Å²) in [7, 11) is 3.48. The Kier molecular flexibility index (Phi) is 6.83. The maximum Gasteiger partial charge on any atom is 0.328 e. The van der Waals surface area contributed by atoms with Crippen LogP contribution in [-0.4, -0.2) is 108 Å². The lowest BCUT2D eigenvalue weighted by Crippen LogP contribution is -2.57. The van der Waals surface area contributed by atoms with Crippen molar-refractivity contribution in [2.45, 2.75) is 38.4 Å². The molecule has 3 aliphatic rings. The second-order valence-corrected chi connectivity index (χ2v) is 9.65. The summed E-state index contributed by atoms with van der Waals surface area (Å²) >= 11 is 0. The highest BCUT2D eigenvalue weighted by molar-refractivity contribution is 6.08. The minimum absolute atomic E-state index is 0.0169. The van der Waals surface area contributed by atoms with Crippen molar-refractivity contribution in [3.05, 3.63) is 23.8 Å². The predicted octanol–water partition coefficient (Wildman–Crippen LogP) is 1.60. The Morgan fingerprint density at radius 1 is 1.21 bits per heavy atom. The Balaban J connectivity index is 1.50. The fraction of sp³-hybridized carbons (Fsp3) is 0.667. The van der Waals surface area contributed by atoms with Gasteiger partial charge in [0.2, 0.25) is 0 Å². The molecule has 1 N–H and O–H groups in total. The van der Waals surface area contributed by atoms with Gasteiger partial charge in [0.1, 0.15) is 5.54 Å². The minimum Gasteiger partial charge on any atom is -0.504 e. The zero-order valence-electron chi connectivity index (χ0n) is 20.1. The average molecular weight is 461 g/mol. The quantitative estimate of drug-likeness (QED) is 0.590. The molecule has 0 saturated carbocycles. The number of morpholine rings is 1. The molecule has 1 aromatic rings. The molecule has 3 atom stereocenters. The van der Waals surface area contributed by atoms with Crippen molar-refractivity contribution in [1.82, 2.24) is 19.6 Å². The molecule has 0 radical (unpaired) electrons. The molecular weight excluding hydrogens is 424 g/mol. The number of nitrogens with zero attached hydrogens (tertiary/aromatic N) is 4. The topological polar surface area (TPSA) is 85.8 Å². The van der Waals surface area contributed by atoms with E-state index in [1.54, 1.807) is 12.1 Å². The van der Waals surface area contributed by atoms with Crippen LogP contribution in [0.2, 0.25) is 0 Å². The van der Waals surface area contributed by atoms with Crippen LogP contribution in [0.3, 0.4) is 0 Å². The van der Waals surface area contributed by atoms with E-state index >= 15 is 0 Å². The second-order valence-electron chi connectivity index (χ2n) is 9.65. The normalized spacial score (nSPS) is 28.2. The molecule has 9 nitrogen and oxygen atoms in total. The molecule has 0 aliphatic carbocycles. The fourth-order valence-corrected chi connectivity index (χ4v) is 5.74. The molecule has 4 rings (SSSR count). The number of methoxy groups -OCH3 is 1. The lowest BCUT2D eigenvalue weighted by Gasteiger charge is -2.37. The van der Waals surface area contributed by atoms with Crippen molar-refractivity contribution >= 4 is 11.9 Å². The van der Waals surface area contributed by atoms with Gasteiger partial charge in [0.25, 0.3) is 5.91 Å². The number of ether oxygens (including phenoxy) is 2. The number of amides is 3. The van der Waals surface area contributed by atoms with Gasteiger partial charge in [0.05, 0.1) is 20.3 Å². The smallest absolute Gasteiger partial charge is 0.328 e. The molecule has 182 valence electrons. The summed E-state index contributed by atoms with van der Waals surface area (Å²) in [5.74, 6) is 0.496. The van der Waals surface area contributed by atoms with Gasteiger partial charge in [-0.1, -0.05) is 13.0 Å². The molecule has 1 aromatic carbocycles. The van der Waals surface area contributed by atoms with Crippen molar-refractivity contribution in [2.75, 3.05) is 60.1 Å². The summed E-state index contributed by atoms with van der Waals surface area (Å²) < 4.78 is 10.5. The Hall–Kier alpha value is -2.36. The number of urea groups is 1. The van der Waals surface area contributed by atoms with E-state index in [0.29, 0.717) is 45.1 Å². The van der Waals surface area contributed by atoms with E-state index in [9.17, 15) is 14.7 Å². The van der Waals surface area contributed by atoms with Gasteiger partial charge >= 0.3 is 6.03 Å². The van der Waals surface area contributed by atoms with Gasteiger partial charge < -0.3 is 19.5 Å². The van der Waals surface area contributed by atoms with E-state index in [-0.39, 0.29) is 29.6 Å². The number of rotatable bonds is 8. The van der Waals surface area contributed by atoms with Crippen molar-refractivity contribution in [3.8, 4) is 11.5 Å². The lowest BCUT2D eigenvalue weighted by molar-refractivity contribution is -0.135. The van der Waals surface area contributed by atoms with E-state index in [0.717, 1.165) is 25.1 Å². The van der Waals surface area contributed by atoms with Crippen molar-refractivity contribution in [1.29, 1.82) is 0 Å². The Morgan fingerprint density at radius 2 is 1.94 bits per heavy atom. The standard InChI is InChI=1S/C24H36N4O5/c1-17-13-18(2)28-23(31)27(8-7-26-9-11-33-12-10-26)22(30)24(17,28)16-25(3)15-19-5-6-21(32-4)20(29)14-19/h5-6,14,17-18,29H,7-13,15-16H2,1-4H3/t17-,18?,24-/m0/s1. The second kappa shape index (κ2) is 9.48. The van der Waals surface area contributed by atoms with Crippen LogP contribution in [0.5, 0.6) is 11.5 Å². The van der Waals surface area contributed by atoms with Gasteiger partial charge in [0.15, 0.2) is 11.5 Å². The van der Waals surface area contributed by atoms with Crippen LogP contribution in [0.25, 0.3) is 0 Å². The number of carbonyl (C=O) groups excluding carboxylic acids is 2. The number of benzene rings is 1. The molecule has 33 heavy (non-hydrogen) atoms. The largest absolute Gasteiger partial charge is 0.504 e. The molecule has 0 spiro atoms. The molecular formula is C24H36N4O5. The first-order valence-electron chi connectivity index (χ1n) is 11.8. The number of aromatic hydroxyl groups is 1. The summed E-state index contributed by atoms with van der Waals surface area (Å²) in [5, 5.41) is 10.1. The molecule has 0 bridgehead atoms. The maximum absolute atomic E-state index is 13.8. The van der Waals surface area contributed by atoms with Gasteiger partial charge in [-0.05, 0) is 44.0 Å². The highest BCUT2D eigenvalue weighted by atomic mass is 16.5. The maximum atomic E-state index is 13.8. The molecule has 9 heteroatoms. The summed E-state index contributed by atoms with van der Waals surface area (Å²) in [6, 6.07) is 5.17. The van der Waals surface area contributed by atoms with Crippen LogP contribution in [0.15, 0.2) is 18.2 Å². The molecule has 3 saturated heterocycles. The van der Waals surface area contributed by atoms with Gasteiger partial charge in [-0.25, -0.2) is 4.79 Å². The third kappa shape index (κ3) is 4.29. The van der Waals surface area contributed by atoms with Crippen LogP contribution in [0.4, 0.5) is 4.79 Å². The van der Waals surface area contributed by atoms with Crippen molar-refractivity contribution in [3.63, 3.8) is 0 Å². The van der Waals surface area contributed by atoms with Crippen LogP contribution < -0.4 is 4.74 Å². The Labute approximate surface area is 195 Å². The number of imide groups is 1. The fourth-order valence-electron chi connectivity index (χ4n) is 5.74. The summed E-state index contributed by atoms with van der Waals surface area (Å²) in [6.07, 6.45) is 0.811. The number of phenols is 1. The molecule has 1 unspecified atom stereocenters. The number of hydrogen-bond acceptors (Lipinski definition) is 7. The van der Waals surface area contributed by atoms with Crippen LogP contribution in [-0.2, 0) is 16.1 Å². The van der Waals surface area contributed by atoms with E-state index in [1.165, 1.54) is 12.0 Å². The zero-order valence-corrected chi connectivity index (χ0v) is 20.1. The first-order valence-corrected chi connectivity index (χ1v) is 11.8. The predicted molar refractivity (Wildman–Crippen MR) is 123 cm³/mol. The molecule has 0 aromatic heterocycles. The number of hydrogen-bond donors (Lipinski definition) is 1. The average Bonchev–Trinajstić information content (AvgIpc) is 3.15. The lowest BCUT2D eigenvalue weighted by atomic mass is 9.85. The Bertz CT molecular complexity index is 890. The van der Waals surface area contributed by atoms with E-state index in [1.807, 2.05) is 24.9 Å². The number of likely N-dealkylation sites (N-methyl/N-ethyl adjacent to an activating group) is 1. The first-order chi connectivity index (χ1) is 15.8. The SMILES string of the molecule is COc1ccc(CN(C)C[C@]23C(=O)N(CCN4CCOCC4)C(=O)N2C(C)C[C@@H]3C)cc1O. The van der Waals surface area contributed by atoms with Crippen molar-refractivity contribution in [2.24, 2.45) is 5.92 Å². The van der Waals surface area contributed by atoms with E-state index < -0.39 is 5.54 Å². The highest BCUT2D eigenvalue weighted by Gasteiger charge is 2.65. The van der Waals surface area contributed by atoms with Crippen molar-refractivity contribution < 1.29 is 24.2 Å². The third-order valence-electron chi connectivity index (χ3n) is 7.38. The molecule has 3 fully saturated rings. The van der Waals surface area contributed by atoms with Crippen LogP contribution in [0.1, 0.15) is 25.8 Å². The first kappa shape index (κ1) is 23.8. The number of fused-ring (bicyclic) bond motifs is 1. The third-order valence-corrected chi connectivity index (χ3v) is 7.38. The number of carbonyl (C=O) groups is 2. The molecule has 3 aliphatic heterocycles. The highest BCUT2D eigenvalue weighted by Crippen LogP contribution is 2.45. The van der Waals surface area contributed by atoms with E-state index in [4.69, 9.17) is 9.47 Å². The monoisotopic (exact) mass is 460 g/mol. The molecule has 3 heterocycles. The van der Waals surface area contributed by atoms with Crippen LogP contribution in [0, 0.1) is 5.92 Å². The van der Waals surface area contributed by atoms with Gasteiger partial charge in [-0.2, -0.15) is 0 Å². The van der Waals surface area contributed by atoms with Gasteiger partial charge in [0, 0.05) is 45.3 Å². The number of phenolic OH excluding ortho intramolecular Hbond substituents is 1. The summed E-state index contributed by atoms with van der Waals surface area (Å²) in [4.78, 5) is 34.8. The van der Waals surface area contributed by atoms with Gasteiger partial charge in [-0.3, -0.25) is 19.5 Å². The Morgan fingerprint density at radius 3 is 2.61 bits per heavy atom. The minimum atomic E-state index is -0.856. The summed E-state index contributed by atoms with van der Waals surface area (Å²) in [6.45, 7) is 9.24. The van der Waals surface area contributed by atoms with Crippen LogP contribution >= 0.6 is 0 Å². The zero-order chi connectivity index (χ0) is 23.8. The van der Waals surface area contributed by atoms with E-state index in [2.05, 4.69) is 16.7 Å². The molecule has 3 amide bonds. The summed E-state index contributed by atoms with van der Waals surface area (Å²) in [5.41, 5.74) is 0.0588.